The van der Waals surface area contributed by atoms with Crippen molar-refractivity contribution in [2.45, 2.75) is 12.8 Å². The van der Waals surface area contributed by atoms with Crippen molar-refractivity contribution in [3.8, 4) is 16.9 Å². The minimum Gasteiger partial charge on any atom is -0.481 e. The van der Waals surface area contributed by atoms with Gasteiger partial charge in [-0.15, -0.1) is 0 Å². The molecule has 1 aromatic heterocycles. The molecular formula is C21H17BrN2O3. The van der Waals surface area contributed by atoms with E-state index in [9.17, 15) is 9.59 Å². The molecule has 2 aromatic carbocycles. The Balaban J connectivity index is 1.95. The normalized spacial score (nSPS) is 11.0. The monoisotopic (exact) mass is 424 g/mol. The molecule has 0 radical (unpaired) electrons. The van der Waals surface area contributed by atoms with Gasteiger partial charge in [-0.25, -0.2) is 4.68 Å². The molecule has 5 nitrogen and oxygen atoms in total. The Bertz CT molecular complexity index is 976. The number of ketones is 1. The van der Waals surface area contributed by atoms with Crippen molar-refractivity contribution in [1.82, 2.24) is 9.78 Å². The first-order valence-corrected chi connectivity index (χ1v) is 9.16. The summed E-state index contributed by atoms with van der Waals surface area (Å²) in [5.74, 6) is -1.21. The molecule has 1 N–H and O–H groups in total. The van der Waals surface area contributed by atoms with Crippen LogP contribution in [0.25, 0.3) is 23.0 Å². The Kier molecular flexibility index (Phi) is 5.98. The van der Waals surface area contributed by atoms with Gasteiger partial charge in [0.1, 0.15) is 0 Å². The van der Waals surface area contributed by atoms with E-state index in [0.717, 1.165) is 27.0 Å². The number of rotatable bonds is 7. The zero-order valence-corrected chi connectivity index (χ0v) is 16.0. The third-order valence-electron chi connectivity index (χ3n) is 3.91. The number of hydrogen-bond acceptors (Lipinski definition) is 3. The first-order valence-electron chi connectivity index (χ1n) is 8.36. The molecule has 0 saturated carbocycles. The van der Waals surface area contributed by atoms with E-state index < -0.39 is 5.97 Å². The molecule has 27 heavy (non-hydrogen) atoms. The number of benzene rings is 2. The zero-order valence-electron chi connectivity index (χ0n) is 14.4. The van der Waals surface area contributed by atoms with Gasteiger partial charge in [0.25, 0.3) is 0 Å². The summed E-state index contributed by atoms with van der Waals surface area (Å²) < 4.78 is 2.73. The fourth-order valence-corrected chi connectivity index (χ4v) is 2.81. The Morgan fingerprint density at radius 1 is 1.04 bits per heavy atom. The van der Waals surface area contributed by atoms with Gasteiger partial charge < -0.3 is 5.11 Å². The lowest BCUT2D eigenvalue weighted by atomic mass is 10.1. The Morgan fingerprint density at radius 3 is 2.41 bits per heavy atom. The number of allylic oxidation sites excluding steroid dienone is 1. The van der Waals surface area contributed by atoms with Gasteiger partial charge in [0.2, 0.25) is 0 Å². The number of halogens is 1. The van der Waals surface area contributed by atoms with Crippen molar-refractivity contribution in [2.24, 2.45) is 0 Å². The maximum atomic E-state index is 11.9. The van der Waals surface area contributed by atoms with Gasteiger partial charge in [-0.1, -0.05) is 46.3 Å². The topological polar surface area (TPSA) is 72.2 Å². The van der Waals surface area contributed by atoms with Crippen molar-refractivity contribution in [1.29, 1.82) is 0 Å². The molecule has 0 fully saturated rings. The summed E-state index contributed by atoms with van der Waals surface area (Å²) in [6.07, 6.45) is 4.76. The number of hydrogen-bond donors (Lipinski definition) is 1. The number of carbonyl (C=O) groups is 2. The van der Waals surface area contributed by atoms with E-state index in [4.69, 9.17) is 5.11 Å². The summed E-state index contributed by atoms with van der Waals surface area (Å²) in [5, 5.41) is 13.4. The number of aliphatic carboxylic acids is 1. The Morgan fingerprint density at radius 2 is 1.74 bits per heavy atom. The summed E-state index contributed by atoms with van der Waals surface area (Å²) in [4.78, 5) is 22.5. The highest BCUT2D eigenvalue weighted by atomic mass is 79.9. The van der Waals surface area contributed by atoms with Crippen molar-refractivity contribution in [3.05, 3.63) is 76.9 Å². The number of carboxylic acid groups (broad SMARTS) is 1. The first-order chi connectivity index (χ1) is 13.0. The first kappa shape index (κ1) is 18.8. The van der Waals surface area contributed by atoms with Gasteiger partial charge in [-0.05, 0) is 36.4 Å². The second-order valence-corrected chi connectivity index (χ2v) is 6.83. The molecule has 0 saturated heterocycles. The summed E-state index contributed by atoms with van der Waals surface area (Å²) in [6, 6.07) is 17.5. The van der Waals surface area contributed by atoms with E-state index in [0.29, 0.717) is 0 Å². The standard InChI is InChI=1S/C21H17BrN2O3/c22-17-9-6-15(7-10-17)21-16(8-11-19(25)12-13-20(26)27)14-24(23-21)18-4-2-1-3-5-18/h1-11,14H,12-13H2,(H,26,27)/b11-8+. The Hall–Kier alpha value is -2.99. The average Bonchev–Trinajstić information content (AvgIpc) is 3.10. The van der Waals surface area contributed by atoms with Gasteiger partial charge in [0, 0.05) is 28.2 Å². The van der Waals surface area contributed by atoms with Crippen molar-refractivity contribution >= 4 is 33.8 Å². The van der Waals surface area contributed by atoms with Crippen LogP contribution < -0.4 is 0 Å². The number of aromatic nitrogens is 2. The second kappa shape index (κ2) is 8.60. The molecule has 1 heterocycles. The van der Waals surface area contributed by atoms with E-state index in [2.05, 4.69) is 21.0 Å². The van der Waals surface area contributed by atoms with Crippen LogP contribution in [0.5, 0.6) is 0 Å². The van der Waals surface area contributed by atoms with Crippen molar-refractivity contribution in [3.63, 3.8) is 0 Å². The zero-order chi connectivity index (χ0) is 19.2. The van der Waals surface area contributed by atoms with Crippen LogP contribution in [0.3, 0.4) is 0 Å². The van der Waals surface area contributed by atoms with Crippen LogP contribution in [0.2, 0.25) is 0 Å². The summed E-state index contributed by atoms with van der Waals surface area (Å²) in [7, 11) is 0. The van der Waals surface area contributed by atoms with Crippen LogP contribution in [0.4, 0.5) is 0 Å². The van der Waals surface area contributed by atoms with Crippen LogP contribution >= 0.6 is 15.9 Å². The lowest BCUT2D eigenvalue weighted by Crippen LogP contribution is -2.00. The van der Waals surface area contributed by atoms with Gasteiger partial charge in [0.05, 0.1) is 17.8 Å². The number of nitrogens with zero attached hydrogens (tertiary/aromatic N) is 2. The van der Waals surface area contributed by atoms with E-state index in [1.807, 2.05) is 60.8 Å². The molecular weight excluding hydrogens is 408 g/mol. The average molecular weight is 425 g/mol. The molecule has 0 spiro atoms. The molecule has 136 valence electrons. The third kappa shape index (κ3) is 5.01. The summed E-state index contributed by atoms with van der Waals surface area (Å²) in [5.41, 5.74) is 3.36. The van der Waals surface area contributed by atoms with Crippen LogP contribution in [-0.2, 0) is 9.59 Å². The highest BCUT2D eigenvalue weighted by Crippen LogP contribution is 2.26. The largest absolute Gasteiger partial charge is 0.481 e. The molecule has 0 amide bonds. The van der Waals surface area contributed by atoms with Crippen molar-refractivity contribution < 1.29 is 14.7 Å². The minimum absolute atomic E-state index is 0.0216. The molecule has 0 bridgehead atoms. The molecule has 0 aliphatic rings. The van der Waals surface area contributed by atoms with Gasteiger partial charge in [-0.2, -0.15) is 5.10 Å². The number of para-hydroxylation sites is 1. The minimum atomic E-state index is -0.982. The smallest absolute Gasteiger partial charge is 0.303 e. The third-order valence-corrected chi connectivity index (χ3v) is 4.44. The highest BCUT2D eigenvalue weighted by Gasteiger charge is 2.11. The fourth-order valence-electron chi connectivity index (χ4n) is 2.55. The number of carbonyl (C=O) groups excluding carboxylic acids is 1. The predicted octanol–water partition coefficient (Wildman–Crippen LogP) is 4.75. The summed E-state index contributed by atoms with van der Waals surface area (Å²) >= 11 is 3.42. The maximum Gasteiger partial charge on any atom is 0.303 e. The molecule has 3 aromatic rings. The van der Waals surface area contributed by atoms with Crippen molar-refractivity contribution in [2.75, 3.05) is 0 Å². The van der Waals surface area contributed by atoms with E-state index in [-0.39, 0.29) is 18.6 Å². The van der Waals surface area contributed by atoms with E-state index in [1.165, 1.54) is 6.08 Å². The summed E-state index contributed by atoms with van der Waals surface area (Å²) in [6.45, 7) is 0. The molecule has 0 aliphatic carbocycles. The lowest BCUT2D eigenvalue weighted by Gasteiger charge is -2.00. The molecule has 0 aliphatic heterocycles. The molecule has 3 rings (SSSR count). The number of carboxylic acids is 1. The quantitative estimate of drug-likeness (QED) is 0.555. The van der Waals surface area contributed by atoms with E-state index >= 15 is 0 Å². The van der Waals surface area contributed by atoms with Gasteiger partial charge in [0.15, 0.2) is 5.78 Å². The van der Waals surface area contributed by atoms with Crippen LogP contribution in [0.1, 0.15) is 18.4 Å². The highest BCUT2D eigenvalue weighted by molar-refractivity contribution is 9.10. The van der Waals surface area contributed by atoms with Gasteiger partial charge >= 0.3 is 5.97 Å². The maximum absolute atomic E-state index is 11.9. The SMILES string of the molecule is O=C(O)CCC(=O)/C=C/c1cn(-c2ccccc2)nc1-c1ccc(Br)cc1. The predicted molar refractivity (Wildman–Crippen MR) is 108 cm³/mol. The van der Waals surface area contributed by atoms with Crippen LogP contribution in [0.15, 0.2) is 71.3 Å². The van der Waals surface area contributed by atoms with E-state index in [1.54, 1.807) is 10.8 Å². The van der Waals surface area contributed by atoms with Gasteiger partial charge in [-0.3, -0.25) is 9.59 Å². The lowest BCUT2D eigenvalue weighted by molar-refractivity contribution is -0.138. The second-order valence-electron chi connectivity index (χ2n) is 5.91. The van der Waals surface area contributed by atoms with Crippen LogP contribution in [0, 0.1) is 0 Å². The molecule has 0 unspecified atom stereocenters. The fraction of sp³-hybridized carbons (Fsp3) is 0.0952. The molecule has 6 heteroatoms. The molecule has 0 atom stereocenters. The van der Waals surface area contributed by atoms with Crippen LogP contribution in [-0.4, -0.2) is 26.6 Å². The Labute approximate surface area is 165 Å².